The molecule has 1 spiro atoms. The fourth-order valence-electron chi connectivity index (χ4n) is 4.95. The lowest BCUT2D eigenvalue weighted by Gasteiger charge is -2.40. The molecule has 29 heavy (non-hydrogen) atoms. The number of carbonyl (C=O) groups is 1. The second-order valence-corrected chi connectivity index (χ2v) is 10.5. The van der Waals surface area contributed by atoms with Crippen LogP contribution >= 0.6 is 11.6 Å². The summed E-state index contributed by atoms with van der Waals surface area (Å²) in [5.41, 5.74) is 2.15. The predicted molar refractivity (Wildman–Crippen MR) is 112 cm³/mol. The SMILES string of the molecule is CC(C(=O)O)C1CC2(CCN(S(=O)(=O)c3ccc(Cl)cc3)CC2)c2ccccc21. The van der Waals surface area contributed by atoms with Crippen LogP contribution < -0.4 is 0 Å². The molecule has 2 aromatic carbocycles. The molecule has 0 saturated carbocycles. The second kappa shape index (κ2) is 7.42. The lowest BCUT2D eigenvalue weighted by atomic mass is 9.73. The van der Waals surface area contributed by atoms with Crippen molar-refractivity contribution in [2.75, 3.05) is 13.1 Å². The minimum absolute atomic E-state index is 0.0388. The highest BCUT2D eigenvalue weighted by atomic mass is 35.5. The fourth-order valence-corrected chi connectivity index (χ4v) is 6.51. The smallest absolute Gasteiger partial charge is 0.306 e. The van der Waals surface area contributed by atoms with Gasteiger partial charge in [0.05, 0.1) is 10.8 Å². The summed E-state index contributed by atoms with van der Waals surface area (Å²) in [6.45, 7) is 2.61. The van der Waals surface area contributed by atoms with Crippen LogP contribution in [0.25, 0.3) is 0 Å². The molecule has 1 aliphatic carbocycles. The van der Waals surface area contributed by atoms with Gasteiger partial charge in [-0.05, 0) is 66.0 Å². The third-order valence-electron chi connectivity index (χ3n) is 6.67. The summed E-state index contributed by atoms with van der Waals surface area (Å²) < 4.78 is 27.6. The van der Waals surface area contributed by atoms with Crippen molar-refractivity contribution in [3.05, 3.63) is 64.7 Å². The Morgan fingerprint density at radius 1 is 1.14 bits per heavy atom. The number of aliphatic carboxylic acids is 1. The van der Waals surface area contributed by atoms with Gasteiger partial charge >= 0.3 is 5.97 Å². The van der Waals surface area contributed by atoms with Gasteiger partial charge in [0.25, 0.3) is 0 Å². The van der Waals surface area contributed by atoms with Crippen LogP contribution in [0, 0.1) is 5.92 Å². The summed E-state index contributed by atoms with van der Waals surface area (Å²) in [6, 6.07) is 14.3. The average molecular weight is 434 g/mol. The Kier molecular flexibility index (Phi) is 5.21. The minimum Gasteiger partial charge on any atom is -0.481 e. The van der Waals surface area contributed by atoms with Crippen molar-refractivity contribution in [1.29, 1.82) is 0 Å². The number of hydrogen-bond acceptors (Lipinski definition) is 3. The Hall–Kier alpha value is -1.89. The lowest BCUT2D eigenvalue weighted by Crippen LogP contribution is -2.44. The van der Waals surface area contributed by atoms with E-state index in [0.29, 0.717) is 31.0 Å². The standard InChI is InChI=1S/C22H24ClNO4S/c1-15(21(25)26)19-14-22(20-5-3-2-4-18(19)20)10-12-24(13-11-22)29(27,28)17-8-6-16(23)7-9-17/h2-9,15,19H,10-14H2,1H3,(H,25,26). The zero-order valence-corrected chi connectivity index (χ0v) is 17.8. The molecule has 5 nitrogen and oxygen atoms in total. The first-order valence-corrected chi connectivity index (χ1v) is 11.6. The van der Waals surface area contributed by atoms with Crippen molar-refractivity contribution in [2.24, 2.45) is 5.92 Å². The van der Waals surface area contributed by atoms with E-state index in [2.05, 4.69) is 6.07 Å². The highest BCUT2D eigenvalue weighted by molar-refractivity contribution is 7.89. The number of carboxylic acid groups (broad SMARTS) is 1. The zero-order valence-electron chi connectivity index (χ0n) is 16.2. The maximum atomic E-state index is 13.0. The third-order valence-corrected chi connectivity index (χ3v) is 8.83. The van der Waals surface area contributed by atoms with Crippen LogP contribution in [0.15, 0.2) is 53.4 Å². The molecule has 1 aliphatic heterocycles. The van der Waals surface area contributed by atoms with E-state index < -0.39 is 21.9 Å². The molecule has 0 amide bonds. The van der Waals surface area contributed by atoms with Crippen molar-refractivity contribution in [3.8, 4) is 0 Å². The van der Waals surface area contributed by atoms with Gasteiger partial charge in [0.1, 0.15) is 0 Å². The molecule has 2 aromatic rings. The molecule has 1 saturated heterocycles. The van der Waals surface area contributed by atoms with Crippen molar-refractivity contribution in [3.63, 3.8) is 0 Å². The number of rotatable bonds is 4. The molecular weight excluding hydrogens is 410 g/mol. The van der Waals surface area contributed by atoms with E-state index in [-0.39, 0.29) is 16.2 Å². The highest BCUT2D eigenvalue weighted by Crippen LogP contribution is 2.54. The van der Waals surface area contributed by atoms with Crippen LogP contribution in [0.1, 0.15) is 43.2 Å². The first kappa shape index (κ1) is 20.4. The van der Waals surface area contributed by atoms with E-state index in [9.17, 15) is 18.3 Å². The fraction of sp³-hybridized carbons (Fsp3) is 0.409. The molecular formula is C22H24ClNO4S. The van der Waals surface area contributed by atoms with Gasteiger partial charge in [-0.15, -0.1) is 0 Å². The first-order chi connectivity index (χ1) is 13.7. The average Bonchev–Trinajstić information content (AvgIpc) is 3.02. The highest BCUT2D eigenvalue weighted by Gasteiger charge is 2.48. The molecule has 0 aromatic heterocycles. The summed E-state index contributed by atoms with van der Waals surface area (Å²) in [6.07, 6.45) is 2.15. The first-order valence-electron chi connectivity index (χ1n) is 9.82. The second-order valence-electron chi connectivity index (χ2n) is 8.16. The van der Waals surface area contributed by atoms with Gasteiger partial charge in [0.15, 0.2) is 0 Å². The number of benzene rings is 2. The molecule has 1 heterocycles. The molecule has 2 atom stereocenters. The van der Waals surface area contributed by atoms with Crippen molar-refractivity contribution in [1.82, 2.24) is 4.31 Å². The quantitative estimate of drug-likeness (QED) is 0.781. The van der Waals surface area contributed by atoms with Gasteiger partial charge in [-0.2, -0.15) is 4.31 Å². The van der Waals surface area contributed by atoms with Gasteiger partial charge in [-0.1, -0.05) is 42.8 Å². The zero-order chi connectivity index (χ0) is 20.8. The van der Waals surface area contributed by atoms with Crippen molar-refractivity contribution in [2.45, 2.75) is 42.4 Å². The van der Waals surface area contributed by atoms with Crippen molar-refractivity contribution < 1.29 is 18.3 Å². The van der Waals surface area contributed by atoms with E-state index in [1.165, 1.54) is 22.0 Å². The summed E-state index contributed by atoms with van der Waals surface area (Å²) in [5, 5.41) is 10.1. The molecule has 4 rings (SSSR count). The Morgan fingerprint density at radius 3 is 2.38 bits per heavy atom. The van der Waals surface area contributed by atoms with Gasteiger partial charge in [0, 0.05) is 18.1 Å². The van der Waals surface area contributed by atoms with Crippen LogP contribution in [-0.4, -0.2) is 36.9 Å². The summed E-state index contributed by atoms with van der Waals surface area (Å²) in [5.74, 6) is -1.29. The molecule has 0 bridgehead atoms. The monoisotopic (exact) mass is 433 g/mol. The maximum Gasteiger partial charge on any atom is 0.306 e. The van der Waals surface area contributed by atoms with E-state index in [4.69, 9.17) is 11.6 Å². The molecule has 1 N–H and O–H groups in total. The van der Waals surface area contributed by atoms with E-state index in [1.54, 1.807) is 19.1 Å². The van der Waals surface area contributed by atoms with Crippen LogP contribution in [0.3, 0.4) is 0 Å². The van der Waals surface area contributed by atoms with Gasteiger partial charge in [-0.3, -0.25) is 4.79 Å². The largest absolute Gasteiger partial charge is 0.481 e. The Balaban J connectivity index is 1.59. The number of carboxylic acids is 1. The lowest BCUT2D eigenvalue weighted by molar-refractivity contribution is -0.142. The molecule has 2 unspecified atom stereocenters. The third kappa shape index (κ3) is 3.47. The number of hydrogen-bond donors (Lipinski definition) is 1. The number of sulfonamides is 1. The van der Waals surface area contributed by atoms with Crippen LogP contribution in [0.2, 0.25) is 5.02 Å². The topological polar surface area (TPSA) is 74.7 Å². The number of nitrogens with zero attached hydrogens (tertiary/aromatic N) is 1. The van der Waals surface area contributed by atoms with Gasteiger partial charge in [0.2, 0.25) is 10.0 Å². The molecule has 1 fully saturated rings. The predicted octanol–water partition coefficient (Wildman–Crippen LogP) is 4.27. The van der Waals surface area contributed by atoms with E-state index >= 15 is 0 Å². The molecule has 0 radical (unpaired) electrons. The van der Waals surface area contributed by atoms with Crippen LogP contribution in [-0.2, 0) is 20.2 Å². The maximum absolute atomic E-state index is 13.0. The molecule has 2 aliphatic rings. The Morgan fingerprint density at radius 2 is 1.76 bits per heavy atom. The molecule has 7 heteroatoms. The van der Waals surface area contributed by atoms with Crippen molar-refractivity contribution >= 4 is 27.6 Å². The van der Waals surface area contributed by atoms with Gasteiger partial charge < -0.3 is 5.11 Å². The Labute approximate surface area is 176 Å². The molecule has 154 valence electrons. The number of fused-ring (bicyclic) bond motifs is 2. The van der Waals surface area contributed by atoms with E-state index in [1.807, 2.05) is 18.2 Å². The Bertz CT molecular complexity index is 1030. The number of piperidine rings is 1. The summed E-state index contributed by atoms with van der Waals surface area (Å²) in [7, 11) is -3.57. The summed E-state index contributed by atoms with van der Waals surface area (Å²) >= 11 is 5.89. The van der Waals surface area contributed by atoms with E-state index in [0.717, 1.165) is 12.0 Å². The summed E-state index contributed by atoms with van der Waals surface area (Å²) in [4.78, 5) is 11.9. The minimum atomic E-state index is -3.57. The van der Waals surface area contributed by atoms with Gasteiger partial charge in [-0.25, -0.2) is 8.42 Å². The van der Waals surface area contributed by atoms with Crippen LogP contribution in [0.5, 0.6) is 0 Å². The number of halogens is 1. The van der Waals surface area contributed by atoms with Crippen LogP contribution in [0.4, 0.5) is 0 Å². The normalized spacial score (nSPS) is 22.3.